The zero-order chi connectivity index (χ0) is 14.3. The third-order valence-corrected chi connectivity index (χ3v) is 3.96. The Morgan fingerprint density at radius 2 is 1.90 bits per heavy atom. The van der Waals surface area contributed by atoms with Crippen LogP contribution in [0.4, 0.5) is 11.4 Å². The van der Waals surface area contributed by atoms with Gasteiger partial charge in [0.2, 0.25) is 5.91 Å². The second-order valence-electron chi connectivity index (χ2n) is 4.81. The first-order valence-electron chi connectivity index (χ1n) is 6.23. The highest BCUT2D eigenvalue weighted by Gasteiger charge is 2.20. The van der Waals surface area contributed by atoms with E-state index in [2.05, 4.69) is 15.3 Å². The lowest BCUT2D eigenvalue weighted by Crippen LogP contribution is -2.03. The van der Waals surface area contributed by atoms with Gasteiger partial charge in [0.1, 0.15) is 0 Å². The standard InChI is InChI=1S/C14H14N4OS/c1-7-3-8(2)17-14(16-7)20-12-6-11-9(4-10(12)15)5-13(19)18-11/h3-4,6H,5,15H2,1-2H3,(H,18,19). The van der Waals surface area contributed by atoms with Crippen LogP contribution in [0.15, 0.2) is 28.3 Å². The molecular weight excluding hydrogens is 272 g/mol. The molecule has 1 aromatic heterocycles. The SMILES string of the molecule is Cc1cc(C)nc(Sc2cc3c(cc2N)CC(=O)N3)n1. The second-order valence-corrected chi connectivity index (χ2v) is 5.82. The van der Waals surface area contributed by atoms with Gasteiger partial charge in [-0.15, -0.1) is 0 Å². The highest BCUT2D eigenvalue weighted by molar-refractivity contribution is 7.99. The minimum absolute atomic E-state index is 0.00389. The van der Waals surface area contributed by atoms with Gasteiger partial charge in [0, 0.05) is 27.7 Å². The van der Waals surface area contributed by atoms with E-state index < -0.39 is 0 Å². The van der Waals surface area contributed by atoms with E-state index in [9.17, 15) is 4.79 Å². The average molecular weight is 286 g/mol. The third-order valence-electron chi connectivity index (χ3n) is 3.02. The topological polar surface area (TPSA) is 80.9 Å². The van der Waals surface area contributed by atoms with E-state index >= 15 is 0 Å². The number of aromatic nitrogens is 2. The lowest BCUT2D eigenvalue weighted by molar-refractivity contribution is -0.115. The van der Waals surface area contributed by atoms with Crippen LogP contribution in [-0.2, 0) is 11.2 Å². The molecule has 0 bridgehead atoms. The highest BCUT2D eigenvalue weighted by atomic mass is 32.2. The van der Waals surface area contributed by atoms with Gasteiger partial charge in [0.15, 0.2) is 5.16 Å². The molecule has 20 heavy (non-hydrogen) atoms. The Labute approximate surface area is 121 Å². The molecule has 1 aromatic carbocycles. The number of rotatable bonds is 2. The number of nitrogens with two attached hydrogens (primary N) is 1. The number of hydrogen-bond donors (Lipinski definition) is 2. The Bertz CT molecular complexity index is 694. The van der Waals surface area contributed by atoms with Gasteiger partial charge in [0.25, 0.3) is 0 Å². The summed E-state index contributed by atoms with van der Waals surface area (Å²) in [6, 6.07) is 5.66. The highest BCUT2D eigenvalue weighted by Crippen LogP contribution is 2.36. The van der Waals surface area contributed by atoms with Gasteiger partial charge in [-0.1, -0.05) is 0 Å². The molecule has 2 heterocycles. The summed E-state index contributed by atoms with van der Waals surface area (Å²) in [5.74, 6) is 0.00389. The molecule has 5 nitrogen and oxygen atoms in total. The van der Waals surface area contributed by atoms with Crippen LogP contribution in [0.2, 0.25) is 0 Å². The molecule has 2 aromatic rings. The molecule has 6 heteroatoms. The largest absolute Gasteiger partial charge is 0.398 e. The first-order chi connectivity index (χ1) is 9.51. The fourth-order valence-electron chi connectivity index (χ4n) is 2.20. The molecule has 1 aliphatic rings. The van der Waals surface area contributed by atoms with Crippen molar-refractivity contribution in [2.45, 2.75) is 30.3 Å². The van der Waals surface area contributed by atoms with Crippen molar-refractivity contribution in [1.82, 2.24) is 9.97 Å². The van der Waals surface area contributed by atoms with E-state index in [1.807, 2.05) is 32.0 Å². The fraction of sp³-hybridized carbons (Fsp3) is 0.214. The van der Waals surface area contributed by atoms with Crippen LogP contribution in [0.25, 0.3) is 0 Å². The maximum atomic E-state index is 11.4. The summed E-state index contributed by atoms with van der Waals surface area (Å²) in [6.45, 7) is 3.87. The zero-order valence-corrected chi connectivity index (χ0v) is 12.0. The van der Waals surface area contributed by atoms with E-state index in [4.69, 9.17) is 5.73 Å². The van der Waals surface area contributed by atoms with Crippen LogP contribution in [0.3, 0.4) is 0 Å². The van der Waals surface area contributed by atoms with Crippen LogP contribution in [-0.4, -0.2) is 15.9 Å². The van der Waals surface area contributed by atoms with Gasteiger partial charge in [0.05, 0.1) is 6.42 Å². The van der Waals surface area contributed by atoms with Gasteiger partial charge in [-0.25, -0.2) is 9.97 Å². The Morgan fingerprint density at radius 1 is 1.20 bits per heavy atom. The first-order valence-corrected chi connectivity index (χ1v) is 7.05. The maximum Gasteiger partial charge on any atom is 0.228 e. The molecule has 0 atom stereocenters. The maximum absolute atomic E-state index is 11.4. The molecule has 3 N–H and O–H groups in total. The number of carbonyl (C=O) groups excluding carboxylic acids is 1. The minimum Gasteiger partial charge on any atom is -0.398 e. The molecule has 0 saturated heterocycles. The van der Waals surface area contributed by atoms with Crippen molar-refractivity contribution in [2.24, 2.45) is 0 Å². The molecule has 0 radical (unpaired) electrons. The Balaban J connectivity index is 1.95. The summed E-state index contributed by atoms with van der Waals surface area (Å²) in [7, 11) is 0. The summed E-state index contributed by atoms with van der Waals surface area (Å²) in [4.78, 5) is 21.0. The first kappa shape index (κ1) is 12.9. The summed E-state index contributed by atoms with van der Waals surface area (Å²) in [6.07, 6.45) is 0.393. The Morgan fingerprint density at radius 3 is 2.60 bits per heavy atom. The van der Waals surface area contributed by atoms with Gasteiger partial charge in [-0.2, -0.15) is 0 Å². The van der Waals surface area contributed by atoms with E-state index in [0.29, 0.717) is 17.3 Å². The molecular formula is C14H14N4OS. The number of anilines is 2. The van der Waals surface area contributed by atoms with Gasteiger partial charge in [-0.05, 0) is 49.4 Å². The van der Waals surface area contributed by atoms with E-state index in [1.54, 1.807) is 0 Å². The Kier molecular flexibility index (Phi) is 3.10. The number of aryl methyl sites for hydroxylation is 2. The van der Waals surface area contributed by atoms with Crippen molar-refractivity contribution in [3.05, 3.63) is 35.2 Å². The number of nitrogen functional groups attached to an aromatic ring is 1. The van der Waals surface area contributed by atoms with E-state index in [0.717, 1.165) is 27.5 Å². The van der Waals surface area contributed by atoms with Gasteiger partial charge >= 0.3 is 0 Å². The van der Waals surface area contributed by atoms with Crippen LogP contribution in [0.5, 0.6) is 0 Å². The number of fused-ring (bicyclic) bond motifs is 1. The number of carbonyl (C=O) groups is 1. The molecule has 3 rings (SSSR count). The van der Waals surface area contributed by atoms with E-state index in [-0.39, 0.29) is 5.91 Å². The van der Waals surface area contributed by atoms with Crippen molar-refractivity contribution in [2.75, 3.05) is 11.1 Å². The van der Waals surface area contributed by atoms with Gasteiger partial charge < -0.3 is 11.1 Å². The monoisotopic (exact) mass is 286 g/mol. The summed E-state index contributed by atoms with van der Waals surface area (Å²) in [5.41, 5.74) is 10.3. The molecule has 0 aliphatic carbocycles. The lowest BCUT2D eigenvalue weighted by atomic mass is 10.1. The molecule has 0 spiro atoms. The molecule has 0 fully saturated rings. The summed E-state index contributed by atoms with van der Waals surface area (Å²) in [5, 5.41) is 3.49. The summed E-state index contributed by atoms with van der Waals surface area (Å²) < 4.78 is 0. The smallest absolute Gasteiger partial charge is 0.228 e. The van der Waals surface area contributed by atoms with Crippen LogP contribution in [0.1, 0.15) is 17.0 Å². The summed E-state index contributed by atoms with van der Waals surface area (Å²) >= 11 is 1.41. The van der Waals surface area contributed by atoms with Crippen molar-refractivity contribution < 1.29 is 4.79 Å². The average Bonchev–Trinajstić information content (AvgIpc) is 2.67. The van der Waals surface area contributed by atoms with E-state index in [1.165, 1.54) is 11.8 Å². The van der Waals surface area contributed by atoms with Crippen molar-refractivity contribution in [3.63, 3.8) is 0 Å². The molecule has 1 amide bonds. The minimum atomic E-state index is 0.00389. The van der Waals surface area contributed by atoms with Crippen LogP contribution in [0, 0.1) is 13.8 Å². The van der Waals surface area contributed by atoms with Crippen molar-refractivity contribution >= 4 is 29.0 Å². The number of amides is 1. The fourth-order valence-corrected chi connectivity index (χ4v) is 3.13. The third kappa shape index (κ3) is 2.46. The molecule has 0 unspecified atom stereocenters. The predicted molar refractivity (Wildman–Crippen MR) is 78.8 cm³/mol. The van der Waals surface area contributed by atoms with Crippen LogP contribution >= 0.6 is 11.8 Å². The quantitative estimate of drug-likeness (QED) is 0.654. The lowest BCUT2D eigenvalue weighted by Gasteiger charge is -2.08. The number of nitrogens with zero attached hydrogens (tertiary/aromatic N) is 2. The van der Waals surface area contributed by atoms with Crippen molar-refractivity contribution in [3.8, 4) is 0 Å². The number of nitrogens with one attached hydrogen (secondary N) is 1. The Hall–Kier alpha value is -2.08. The number of hydrogen-bond acceptors (Lipinski definition) is 5. The van der Waals surface area contributed by atoms with Gasteiger partial charge in [-0.3, -0.25) is 4.79 Å². The predicted octanol–water partition coefficient (Wildman–Crippen LogP) is 2.32. The zero-order valence-electron chi connectivity index (χ0n) is 11.2. The molecule has 102 valence electrons. The second kappa shape index (κ2) is 4.79. The molecule has 0 saturated carbocycles. The van der Waals surface area contributed by atoms with Crippen LogP contribution < -0.4 is 11.1 Å². The normalized spacial score (nSPS) is 13.2. The van der Waals surface area contributed by atoms with Crippen molar-refractivity contribution in [1.29, 1.82) is 0 Å². The number of benzene rings is 1. The molecule has 1 aliphatic heterocycles.